The zero-order valence-electron chi connectivity index (χ0n) is 12.5. The van der Waals surface area contributed by atoms with Gasteiger partial charge in [0.1, 0.15) is 11.2 Å². The number of ether oxygens (including phenoxy) is 2. The molecule has 0 heterocycles. The van der Waals surface area contributed by atoms with Crippen LogP contribution in [0.4, 0.5) is 0 Å². The first-order valence-electron chi connectivity index (χ1n) is 6.37. The van der Waals surface area contributed by atoms with E-state index in [9.17, 15) is 10.0 Å². The minimum absolute atomic E-state index is 0.302. The molecular formula is C14H23BO4. The summed E-state index contributed by atoms with van der Waals surface area (Å²) in [4.78, 5) is 0. The number of hydrogen-bond acceptors (Lipinski definition) is 4. The summed E-state index contributed by atoms with van der Waals surface area (Å²) in [5, 5.41) is 18.9. The Hall–Kier alpha value is -1.20. The summed E-state index contributed by atoms with van der Waals surface area (Å²) in [6.07, 6.45) is 0. The molecule has 4 nitrogen and oxygen atoms in total. The first-order valence-corrected chi connectivity index (χ1v) is 6.37. The Morgan fingerprint density at radius 2 is 1.42 bits per heavy atom. The maximum atomic E-state index is 9.44. The molecule has 0 aliphatic carbocycles. The van der Waals surface area contributed by atoms with Gasteiger partial charge in [-0.2, -0.15) is 0 Å². The zero-order valence-corrected chi connectivity index (χ0v) is 12.5. The van der Waals surface area contributed by atoms with Crippen molar-refractivity contribution in [3.8, 4) is 11.5 Å². The van der Waals surface area contributed by atoms with Crippen molar-refractivity contribution in [2.45, 2.75) is 52.7 Å². The van der Waals surface area contributed by atoms with Crippen LogP contribution in [-0.4, -0.2) is 28.4 Å². The Balaban J connectivity index is 3.26. The van der Waals surface area contributed by atoms with Crippen LogP contribution in [0.1, 0.15) is 41.5 Å². The van der Waals surface area contributed by atoms with Gasteiger partial charge < -0.3 is 19.5 Å². The van der Waals surface area contributed by atoms with Gasteiger partial charge in [0.25, 0.3) is 0 Å². The molecule has 1 aromatic carbocycles. The summed E-state index contributed by atoms with van der Waals surface area (Å²) in [7, 11) is -1.60. The fraction of sp³-hybridized carbons (Fsp3) is 0.571. The Morgan fingerprint density at radius 1 is 0.895 bits per heavy atom. The average Bonchev–Trinajstić information content (AvgIpc) is 2.15. The van der Waals surface area contributed by atoms with E-state index in [0.717, 1.165) is 0 Å². The molecule has 0 aliphatic rings. The van der Waals surface area contributed by atoms with Crippen LogP contribution >= 0.6 is 0 Å². The molecule has 0 amide bonds. The summed E-state index contributed by atoms with van der Waals surface area (Å²) in [5.41, 5.74) is -0.549. The van der Waals surface area contributed by atoms with E-state index in [0.29, 0.717) is 17.0 Å². The highest BCUT2D eigenvalue weighted by Gasteiger charge is 2.26. The molecule has 0 saturated heterocycles. The van der Waals surface area contributed by atoms with E-state index in [4.69, 9.17) is 9.47 Å². The van der Waals surface area contributed by atoms with Crippen LogP contribution in [-0.2, 0) is 0 Å². The molecule has 5 heteroatoms. The van der Waals surface area contributed by atoms with Crippen LogP contribution in [0, 0.1) is 0 Å². The smallest absolute Gasteiger partial charge is 0.485 e. The Bertz CT molecular complexity index is 430. The van der Waals surface area contributed by atoms with Crippen molar-refractivity contribution in [1.82, 2.24) is 0 Å². The van der Waals surface area contributed by atoms with E-state index in [2.05, 4.69) is 0 Å². The maximum absolute atomic E-state index is 9.44. The molecule has 19 heavy (non-hydrogen) atoms. The number of benzene rings is 1. The molecule has 1 aromatic rings. The van der Waals surface area contributed by atoms with E-state index in [1.807, 2.05) is 41.5 Å². The van der Waals surface area contributed by atoms with Crippen molar-refractivity contribution in [3.05, 3.63) is 18.2 Å². The Kier molecular flexibility index (Phi) is 4.53. The maximum Gasteiger partial charge on any atom is 0.492 e. The molecule has 1 rings (SSSR count). The van der Waals surface area contributed by atoms with E-state index in [1.54, 1.807) is 18.2 Å². The highest BCUT2D eigenvalue weighted by Crippen LogP contribution is 2.31. The molecule has 0 bridgehead atoms. The van der Waals surface area contributed by atoms with Crippen LogP contribution in [0.2, 0.25) is 0 Å². The molecule has 2 N–H and O–H groups in total. The first-order chi connectivity index (χ1) is 8.49. The molecule has 0 aliphatic heterocycles. The van der Waals surface area contributed by atoms with Gasteiger partial charge in [-0.15, -0.1) is 0 Å². The second-order valence-electron chi connectivity index (χ2n) is 6.48. The lowest BCUT2D eigenvalue weighted by Crippen LogP contribution is -2.36. The molecule has 0 unspecified atom stereocenters. The molecule has 106 valence electrons. The summed E-state index contributed by atoms with van der Waals surface area (Å²) in [6.45, 7) is 11.5. The van der Waals surface area contributed by atoms with Crippen LogP contribution in [0.25, 0.3) is 0 Å². The monoisotopic (exact) mass is 266 g/mol. The van der Waals surface area contributed by atoms with Crippen molar-refractivity contribution < 1.29 is 19.5 Å². The summed E-state index contributed by atoms with van der Waals surface area (Å²) >= 11 is 0. The zero-order chi connectivity index (χ0) is 14.8. The Morgan fingerprint density at radius 3 is 1.84 bits per heavy atom. The Labute approximate surface area is 115 Å². The van der Waals surface area contributed by atoms with Crippen molar-refractivity contribution in [1.29, 1.82) is 0 Å². The number of hydrogen-bond donors (Lipinski definition) is 2. The van der Waals surface area contributed by atoms with Crippen LogP contribution in [0.5, 0.6) is 11.5 Å². The van der Waals surface area contributed by atoms with Crippen LogP contribution in [0.15, 0.2) is 18.2 Å². The second-order valence-corrected chi connectivity index (χ2v) is 6.48. The fourth-order valence-electron chi connectivity index (χ4n) is 1.56. The predicted octanol–water partition coefficient (Wildman–Crippen LogP) is 1.72. The number of para-hydroxylation sites is 1. The second kappa shape index (κ2) is 5.43. The topological polar surface area (TPSA) is 58.9 Å². The van der Waals surface area contributed by atoms with Gasteiger partial charge in [0.2, 0.25) is 0 Å². The highest BCUT2D eigenvalue weighted by molar-refractivity contribution is 6.59. The predicted molar refractivity (Wildman–Crippen MR) is 77.0 cm³/mol. The molecular weight excluding hydrogens is 243 g/mol. The first kappa shape index (κ1) is 15.9. The molecule has 0 aromatic heterocycles. The van der Waals surface area contributed by atoms with Gasteiger partial charge >= 0.3 is 7.12 Å². The van der Waals surface area contributed by atoms with Gasteiger partial charge in [-0.25, -0.2) is 0 Å². The molecule has 0 saturated carbocycles. The summed E-state index contributed by atoms with van der Waals surface area (Å²) < 4.78 is 11.6. The highest BCUT2D eigenvalue weighted by atomic mass is 16.5. The lowest BCUT2D eigenvalue weighted by atomic mass is 9.79. The molecule has 0 atom stereocenters. The fourth-order valence-corrected chi connectivity index (χ4v) is 1.56. The van der Waals surface area contributed by atoms with E-state index in [1.165, 1.54) is 0 Å². The molecule has 0 fully saturated rings. The van der Waals surface area contributed by atoms with Crippen molar-refractivity contribution >= 4 is 12.6 Å². The molecule has 0 radical (unpaired) electrons. The van der Waals surface area contributed by atoms with Crippen molar-refractivity contribution in [2.75, 3.05) is 0 Å². The largest absolute Gasteiger partial charge is 0.492 e. The minimum atomic E-state index is -1.60. The SMILES string of the molecule is CC(C)(C)Oc1cccc(B(O)O)c1OC(C)(C)C. The summed E-state index contributed by atoms with van der Waals surface area (Å²) in [6, 6.07) is 5.09. The van der Waals surface area contributed by atoms with E-state index >= 15 is 0 Å². The average molecular weight is 266 g/mol. The van der Waals surface area contributed by atoms with Crippen molar-refractivity contribution in [2.24, 2.45) is 0 Å². The lowest BCUT2D eigenvalue weighted by Gasteiger charge is -2.28. The van der Waals surface area contributed by atoms with Crippen LogP contribution < -0.4 is 14.9 Å². The van der Waals surface area contributed by atoms with Gasteiger partial charge in [-0.3, -0.25) is 0 Å². The standard InChI is InChI=1S/C14H23BO4/c1-13(2,3)18-11-9-7-8-10(15(16)17)12(11)19-14(4,5)6/h7-9,16-17H,1-6H3. The van der Waals surface area contributed by atoms with Gasteiger partial charge in [-0.05, 0) is 47.6 Å². The third kappa shape index (κ3) is 5.13. The quantitative estimate of drug-likeness (QED) is 0.818. The van der Waals surface area contributed by atoms with Gasteiger partial charge in [0.05, 0.1) is 0 Å². The van der Waals surface area contributed by atoms with Gasteiger partial charge in [0.15, 0.2) is 11.5 Å². The third-order valence-corrected chi connectivity index (χ3v) is 2.11. The molecule has 0 spiro atoms. The number of rotatable bonds is 3. The van der Waals surface area contributed by atoms with Crippen LogP contribution in [0.3, 0.4) is 0 Å². The minimum Gasteiger partial charge on any atom is -0.485 e. The van der Waals surface area contributed by atoms with Gasteiger partial charge in [-0.1, -0.05) is 12.1 Å². The third-order valence-electron chi connectivity index (χ3n) is 2.11. The van der Waals surface area contributed by atoms with Gasteiger partial charge in [0, 0.05) is 5.46 Å². The van der Waals surface area contributed by atoms with E-state index < -0.39 is 18.3 Å². The summed E-state index contributed by atoms with van der Waals surface area (Å²) in [5.74, 6) is 0.882. The van der Waals surface area contributed by atoms with Crippen molar-refractivity contribution in [3.63, 3.8) is 0 Å². The normalized spacial score (nSPS) is 12.2. The van der Waals surface area contributed by atoms with E-state index in [-0.39, 0.29) is 0 Å². The lowest BCUT2D eigenvalue weighted by molar-refractivity contribution is 0.0966.